The van der Waals surface area contributed by atoms with E-state index in [1.807, 2.05) is 6.07 Å². The van der Waals surface area contributed by atoms with Crippen LogP contribution >= 0.6 is 0 Å². The summed E-state index contributed by atoms with van der Waals surface area (Å²) in [6.45, 7) is 1.16. The van der Waals surface area contributed by atoms with Crippen molar-refractivity contribution < 1.29 is 9.50 Å². The summed E-state index contributed by atoms with van der Waals surface area (Å²) in [6.07, 6.45) is 6.04. The van der Waals surface area contributed by atoms with E-state index in [0.717, 1.165) is 18.4 Å². The third-order valence-electron chi connectivity index (χ3n) is 4.26. The molecule has 112 valence electrons. The standard InChI is InChI=1S/C16H25FN2O/c17-14-6-4-5-13(11-14)16(12-18)19(9-10-20)15-7-2-1-3-8-15/h4-6,11,15-16,20H,1-3,7-10,12,18H2. The number of aliphatic hydroxyl groups is 1. The normalized spacial score (nSPS) is 18.4. The van der Waals surface area contributed by atoms with Crippen LogP contribution in [0.25, 0.3) is 0 Å². The summed E-state index contributed by atoms with van der Waals surface area (Å²) in [5.41, 5.74) is 6.86. The molecule has 1 saturated carbocycles. The Kier molecular flexibility index (Phi) is 5.95. The summed E-state index contributed by atoms with van der Waals surface area (Å²) >= 11 is 0. The maximum atomic E-state index is 13.4. The molecular weight excluding hydrogens is 255 g/mol. The van der Waals surface area contributed by atoms with Gasteiger partial charge in [0.2, 0.25) is 0 Å². The average molecular weight is 280 g/mol. The lowest BCUT2D eigenvalue weighted by Crippen LogP contribution is -2.44. The second kappa shape index (κ2) is 7.72. The maximum Gasteiger partial charge on any atom is 0.123 e. The van der Waals surface area contributed by atoms with Gasteiger partial charge in [-0.2, -0.15) is 0 Å². The van der Waals surface area contributed by atoms with Crippen molar-refractivity contribution in [2.45, 2.75) is 44.2 Å². The summed E-state index contributed by atoms with van der Waals surface area (Å²) in [4.78, 5) is 2.27. The van der Waals surface area contributed by atoms with E-state index in [1.165, 1.54) is 25.3 Å². The lowest BCUT2D eigenvalue weighted by Gasteiger charge is -2.39. The highest BCUT2D eigenvalue weighted by molar-refractivity contribution is 5.21. The van der Waals surface area contributed by atoms with Crippen LogP contribution < -0.4 is 5.73 Å². The summed E-state index contributed by atoms with van der Waals surface area (Å²) in [5, 5.41) is 9.36. The van der Waals surface area contributed by atoms with E-state index >= 15 is 0 Å². The molecule has 20 heavy (non-hydrogen) atoms. The maximum absolute atomic E-state index is 13.4. The molecule has 1 aliphatic rings. The number of aliphatic hydroxyl groups excluding tert-OH is 1. The van der Waals surface area contributed by atoms with Crippen molar-refractivity contribution in [3.8, 4) is 0 Å². The van der Waals surface area contributed by atoms with Gasteiger partial charge in [-0.3, -0.25) is 4.90 Å². The van der Waals surface area contributed by atoms with E-state index in [1.54, 1.807) is 12.1 Å². The minimum atomic E-state index is -0.228. The second-order valence-electron chi connectivity index (χ2n) is 5.56. The lowest BCUT2D eigenvalue weighted by atomic mass is 9.92. The van der Waals surface area contributed by atoms with E-state index in [-0.39, 0.29) is 18.5 Å². The van der Waals surface area contributed by atoms with Crippen LogP contribution in [0.15, 0.2) is 24.3 Å². The molecule has 3 nitrogen and oxygen atoms in total. The van der Waals surface area contributed by atoms with Gasteiger partial charge in [0.25, 0.3) is 0 Å². The number of nitrogens with zero attached hydrogens (tertiary/aromatic N) is 1. The SMILES string of the molecule is NCC(c1cccc(F)c1)N(CCO)C1CCCCC1. The first-order valence-electron chi connectivity index (χ1n) is 7.58. The zero-order valence-electron chi connectivity index (χ0n) is 12.0. The fourth-order valence-electron chi connectivity index (χ4n) is 3.30. The average Bonchev–Trinajstić information content (AvgIpc) is 2.48. The van der Waals surface area contributed by atoms with Gasteiger partial charge in [-0.25, -0.2) is 4.39 Å². The molecule has 1 aromatic rings. The number of halogens is 1. The summed E-state index contributed by atoms with van der Waals surface area (Å²) in [7, 11) is 0. The Bertz CT molecular complexity index is 407. The molecule has 0 aromatic heterocycles. The fourth-order valence-corrected chi connectivity index (χ4v) is 3.30. The highest BCUT2D eigenvalue weighted by Crippen LogP contribution is 2.29. The van der Waals surface area contributed by atoms with Crippen molar-refractivity contribution in [1.29, 1.82) is 0 Å². The summed E-state index contributed by atoms with van der Waals surface area (Å²) < 4.78 is 13.4. The van der Waals surface area contributed by atoms with Crippen molar-refractivity contribution in [3.63, 3.8) is 0 Å². The van der Waals surface area contributed by atoms with Gasteiger partial charge in [-0.1, -0.05) is 31.4 Å². The van der Waals surface area contributed by atoms with Gasteiger partial charge < -0.3 is 10.8 Å². The predicted molar refractivity (Wildman–Crippen MR) is 78.9 cm³/mol. The van der Waals surface area contributed by atoms with Crippen molar-refractivity contribution in [3.05, 3.63) is 35.6 Å². The Morgan fingerprint density at radius 3 is 2.65 bits per heavy atom. The number of benzene rings is 1. The Labute approximate surface area is 120 Å². The van der Waals surface area contributed by atoms with Gasteiger partial charge in [0.05, 0.1) is 6.61 Å². The number of rotatable bonds is 6. The fraction of sp³-hybridized carbons (Fsp3) is 0.625. The molecule has 1 atom stereocenters. The Morgan fingerprint density at radius 1 is 1.30 bits per heavy atom. The van der Waals surface area contributed by atoms with Crippen LogP contribution in [0.1, 0.15) is 43.7 Å². The molecule has 1 aliphatic carbocycles. The van der Waals surface area contributed by atoms with Crippen LogP contribution in [0.5, 0.6) is 0 Å². The highest BCUT2D eigenvalue weighted by Gasteiger charge is 2.27. The molecule has 0 spiro atoms. The number of hydrogen-bond donors (Lipinski definition) is 2. The second-order valence-corrected chi connectivity index (χ2v) is 5.56. The van der Waals surface area contributed by atoms with Gasteiger partial charge in [-0.05, 0) is 30.5 Å². The van der Waals surface area contributed by atoms with E-state index < -0.39 is 0 Å². The smallest absolute Gasteiger partial charge is 0.123 e. The van der Waals surface area contributed by atoms with Crippen LogP contribution in [0.2, 0.25) is 0 Å². The van der Waals surface area contributed by atoms with Crippen molar-refractivity contribution in [1.82, 2.24) is 4.90 Å². The van der Waals surface area contributed by atoms with E-state index in [9.17, 15) is 9.50 Å². The van der Waals surface area contributed by atoms with Crippen LogP contribution in [0.4, 0.5) is 4.39 Å². The molecule has 0 radical (unpaired) electrons. The first-order valence-corrected chi connectivity index (χ1v) is 7.58. The Balaban J connectivity index is 2.19. The molecule has 1 aromatic carbocycles. The molecule has 0 bridgehead atoms. The van der Waals surface area contributed by atoms with Crippen LogP contribution in [-0.2, 0) is 0 Å². The van der Waals surface area contributed by atoms with E-state index in [2.05, 4.69) is 4.90 Å². The van der Waals surface area contributed by atoms with Gasteiger partial charge in [0.15, 0.2) is 0 Å². The summed E-state index contributed by atoms with van der Waals surface area (Å²) in [6, 6.07) is 7.10. The van der Waals surface area contributed by atoms with Crippen molar-refractivity contribution >= 4 is 0 Å². The molecule has 2 rings (SSSR count). The first-order chi connectivity index (χ1) is 9.76. The van der Waals surface area contributed by atoms with Crippen molar-refractivity contribution in [2.24, 2.45) is 5.73 Å². The quantitative estimate of drug-likeness (QED) is 0.841. The summed E-state index contributed by atoms with van der Waals surface area (Å²) in [5.74, 6) is -0.228. The van der Waals surface area contributed by atoms with Gasteiger partial charge in [0, 0.05) is 25.2 Å². The largest absolute Gasteiger partial charge is 0.395 e. The van der Waals surface area contributed by atoms with Crippen LogP contribution in [0.3, 0.4) is 0 Å². The molecular formula is C16H25FN2O. The third kappa shape index (κ3) is 3.78. The van der Waals surface area contributed by atoms with Gasteiger partial charge in [0.1, 0.15) is 5.82 Å². The minimum Gasteiger partial charge on any atom is -0.395 e. The van der Waals surface area contributed by atoms with Crippen LogP contribution in [0, 0.1) is 5.82 Å². The Hall–Kier alpha value is -0.970. The van der Waals surface area contributed by atoms with Crippen LogP contribution in [-0.4, -0.2) is 35.7 Å². The predicted octanol–water partition coefficient (Wildman–Crippen LogP) is 2.45. The zero-order chi connectivity index (χ0) is 14.4. The zero-order valence-corrected chi connectivity index (χ0v) is 12.0. The molecule has 0 aliphatic heterocycles. The van der Waals surface area contributed by atoms with Crippen molar-refractivity contribution in [2.75, 3.05) is 19.7 Å². The number of hydrogen-bond acceptors (Lipinski definition) is 3. The molecule has 0 amide bonds. The highest BCUT2D eigenvalue weighted by atomic mass is 19.1. The van der Waals surface area contributed by atoms with Gasteiger partial charge in [-0.15, -0.1) is 0 Å². The third-order valence-corrected chi connectivity index (χ3v) is 4.26. The molecule has 1 unspecified atom stereocenters. The molecule has 0 saturated heterocycles. The molecule has 0 heterocycles. The van der Waals surface area contributed by atoms with E-state index in [0.29, 0.717) is 19.1 Å². The van der Waals surface area contributed by atoms with E-state index in [4.69, 9.17) is 5.73 Å². The monoisotopic (exact) mass is 280 g/mol. The first kappa shape index (κ1) is 15.4. The molecule has 3 N–H and O–H groups in total. The number of nitrogens with two attached hydrogens (primary N) is 1. The Morgan fingerprint density at radius 2 is 2.05 bits per heavy atom. The minimum absolute atomic E-state index is 0.0130. The molecule has 1 fully saturated rings. The van der Waals surface area contributed by atoms with Gasteiger partial charge >= 0.3 is 0 Å². The topological polar surface area (TPSA) is 49.5 Å². The molecule has 4 heteroatoms. The lowest BCUT2D eigenvalue weighted by molar-refractivity contribution is 0.0828.